The maximum Gasteiger partial charge on any atom is 0.251 e. The molecule has 154 valence electrons. The van der Waals surface area contributed by atoms with Gasteiger partial charge in [0.15, 0.2) is 0 Å². The Hall–Kier alpha value is -3.41. The van der Waals surface area contributed by atoms with E-state index in [4.69, 9.17) is 0 Å². The summed E-state index contributed by atoms with van der Waals surface area (Å²) in [5.74, 6) is 0.261. The van der Waals surface area contributed by atoms with Crippen molar-refractivity contribution in [1.82, 2.24) is 9.78 Å². The van der Waals surface area contributed by atoms with Crippen molar-refractivity contribution in [2.24, 2.45) is 0 Å². The molecule has 0 bridgehead atoms. The Morgan fingerprint density at radius 3 is 2.50 bits per heavy atom. The molecule has 2 amide bonds. The van der Waals surface area contributed by atoms with Gasteiger partial charge in [0.25, 0.3) is 5.91 Å². The third kappa shape index (κ3) is 3.61. The summed E-state index contributed by atoms with van der Waals surface area (Å²) in [6.07, 6.45) is 0.769. The van der Waals surface area contributed by atoms with Crippen molar-refractivity contribution in [1.29, 1.82) is 0 Å². The fourth-order valence-corrected chi connectivity index (χ4v) is 3.84. The van der Waals surface area contributed by atoms with Crippen LogP contribution in [0.3, 0.4) is 0 Å². The molecule has 1 unspecified atom stereocenters. The second-order valence-electron chi connectivity index (χ2n) is 7.91. The number of nitrogens with zero attached hydrogens (tertiary/aromatic N) is 2. The zero-order chi connectivity index (χ0) is 21.4. The number of aryl methyl sites for hydroxylation is 4. The minimum absolute atomic E-state index is 0.0321. The predicted molar refractivity (Wildman–Crippen MR) is 119 cm³/mol. The van der Waals surface area contributed by atoms with Crippen molar-refractivity contribution in [3.8, 4) is 11.1 Å². The van der Waals surface area contributed by atoms with Crippen molar-refractivity contribution in [2.75, 3.05) is 10.6 Å². The number of hydrogen-bond donors (Lipinski definition) is 2. The standard InChI is InChI=1S/C24H26N4O2/c1-5-18-22(17-10-7-14(2)8-11-17)23-26-24(30)20(28(23)27-18)13-21(29)25-19-12-15(3)6-9-16(19)4/h6-12,20H,5,13H2,1-4H3,(H,25,29)(H,26,30). The third-order valence-corrected chi connectivity index (χ3v) is 5.54. The summed E-state index contributed by atoms with van der Waals surface area (Å²) in [7, 11) is 0. The summed E-state index contributed by atoms with van der Waals surface area (Å²) >= 11 is 0. The van der Waals surface area contributed by atoms with Crippen LogP contribution < -0.4 is 10.6 Å². The van der Waals surface area contributed by atoms with Gasteiger partial charge in [0, 0.05) is 11.3 Å². The van der Waals surface area contributed by atoms with Gasteiger partial charge in [-0.25, -0.2) is 4.68 Å². The van der Waals surface area contributed by atoms with Gasteiger partial charge in [0.2, 0.25) is 5.91 Å². The first-order valence-corrected chi connectivity index (χ1v) is 10.2. The number of anilines is 2. The highest BCUT2D eigenvalue weighted by molar-refractivity contribution is 6.04. The molecule has 2 N–H and O–H groups in total. The number of hydrogen-bond acceptors (Lipinski definition) is 3. The smallest absolute Gasteiger partial charge is 0.251 e. The fourth-order valence-electron chi connectivity index (χ4n) is 3.84. The molecule has 0 aliphatic carbocycles. The van der Waals surface area contributed by atoms with E-state index in [-0.39, 0.29) is 18.2 Å². The predicted octanol–water partition coefficient (Wildman–Crippen LogP) is 4.56. The molecule has 0 radical (unpaired) electrons. The minimum atomic E-state index is -0.658. The molecule has 1 aromatic heterocycles. The molecule has 1 atom stereocenters. The molecule has 0 fully saturated rings. The lowest BCUT2D eigenvalue weighted by Gasteiger charge is -2.12. The SMILES string of the molecule is CCc1nn2c(c1-c1ccc(C)cc1)NC(=O)C2CC(=O)Nc1cc(C)ccc1C. The molecule has 4 rings (SSSR count). The molecular weight excluding hydrogens is 376 g/mol. The molecular formula is C24H26N4O2. The summed E-state index contributed by atoms with van der Waals surface area (Å²) in [4.78, 5) is 25.4. The summed E-state index contributed by atoms with van der Waals surface area (Å²) in [5.41, 5.74) is 6.86. The number of amides is 2. The van der Waals surface area contributed by atoms with Crippen LogP contribution in [0.25, 0.3) is 11.1 Å². The third-order valence-electron chi connectivity index (χ3n) is 5.54. The molecule has 30 heavy (non-hydrogen) atoms. The van der Waals surface area contributed by atoms with Crippen molar-refractivity contribution in [3.05, 3.63) is 64.8 Å². The summed E-state index contributed by atoms with van der Waals surface area (Å²) in [6.45, 7) is 8.01. The molecule has 0 spiro atoms. The van der Waals surface area contributed by atoms with Crippen LogP contribution in [0.15, 0.2) is 42.5 Å². The lowest BCUT2D eigenvalue weighted by atomic mass is 10.0. The molecule has 2 aromatic carbocycles. The van der Waals surface area contributed by atoms with Crippen LogP contribution in [0.1, 0.15) is 41.8 Å². The number of nitrogens with one attached hydrogen (secondary N) is 2. The first-order valence-electron chi connectivity index (χ1n) is 10.2. The van der Waals surface area contributed by atoms with Crippen LogP contribution in [-0.4, -0.2) is 21.6 Å². The maximum absolute atomic E-state index is 12.7. The molecule has 1 aliphatic heterocycles. The lowest BCUT2D eigenvalue weighted by Crippen LogP contribution is -2.24. The normalized spacial score (nSPS) is 15.1. The summed E-state index contributed by atoms with van der Waals surface area (Å²) in [6, 6.07) is 13.4. The van der Waals surface area contributed by atoms with Crippen LogP contribution >= 0.6 is 0 Å². The van der Waals surface area contributed by atoms with Crippen LogP contribution in [0.5, 0.6) is 0 Å². The van der Waals surface area contributed by atoms with E-state index in [2.05, 4.69) is 15.7 Å². The highest BCUT2D eigenvalue weighted by Crippen LogP contribution is 2.39. The van der Waals surface area contributed by atoms with Gasteiger partial charge in [0.1, 0.15) is 11.9 Å². The highest BCUT2D eigenvalue weighted by Gasteiger charge is 2.36. The molecule has 3 aromatic rings. The Labute approximate surface area is 176 Å². The Morgan fingerprint density at radius 1 is 1.10 bits per heavy atom. The first kappa shape index (κ1) is 19.9. The number of aromatic nitrogens is 2. The van der Waals surface area contributed by atoms with Gasteiger partial charge < -0.3 is 10.6 Å². The summed E-state index contributed by atoms with van der Waals surface area (Å²) < 4.78 is 1.68. The van der Waals surface area contributed by atoms with E-state index in [0.29, 0.717) is 5.82 Å². The number of fused-ring (bicyclic) bond motifs is 1. The largest absolute Gasteiger partial charge is 0.326 e. The van der Waals surface area contributed by atoms with E-state index in [0.717, 1.165) is 40.1 Å². The van der Waals surface area contributed by atoms with E-state index in [9.17, 15) is 9.59 Å². The van der Waals surface area contributed by atoms with Gasteiger partial charge >= 0.3 is 0 Å². The first-order chi connectivity index (χ1) is 14.4. The Kier molecular flexibility index (Phi) is 5.16. The van der Waals surface area contributed by atoms with Crippen LogP contribution in [-0.2, 0) is 16.0 Å². The number of benzene rings is 2. The zero-order valence-corrected chi connectivity index (χ0v) is 17.7. The van der Waals surface area contributed by atoms with Gasteiger partial charge in [0.05, 0.1) is 12.1 Å². The zero-order valence-electron chi connectivity index (χ0n) is 17.7. The topological polar surface area (TPSA) is 76.0 Å². The van der Waals surface area contributed by atoms with Crippen LogP contribution in [0, 0.1) is 20.8 Å². The highest BCUT2D eigenvalue weighted by atomic mass is 16.2. The second kappa shape index (κ2) is 7.78. The number of carbonyl (C=O) groups is 2. The quantitative estimate of drug-likeness (QED) is 0.657. The Bertz CT molecular complexity index is 1130. The molecule has 6 heteroatoms. The molecule has 0 saturated carbocycles. The molecule has 6 nitrogen and oxygen atoms in total. The molecule has 1 aliphatic rings. The van der Waals surface area contributed by atoms with Crippen molar-refractivity contribution in [2.45, 2.75) is 46.6 Å². The van der Waals surface area contributed by atoms with Crippen molar-refractivity contribution < 1.29 is 9.59 Å². The Morgan fingerprint density at radius 2 is 1.80 bits per heavy atom. The summed E-state index contributed by atoms with van der Waals surface area (Å²) in [5, 5.41) is 10.6. The van der Waals surface area contributed by atoms with Gasteiger partial charge in [-0.3, -0.25) is 9.59 Å². The fraction of sp³-hybridized carbons (Fsp3) is 0.292. The van der Waals surface area contributed by atoms with Gasteiger partial charge in [-0.15, -0.1) is 0 Å². The molecule has 0 saturated heterocycles. The number of carbonyl (C=O) groups excluding carboxylic acids is 2. The average molecular weight is 402 g/mol. The molecule has 2 heterocycles. The number of rotatable bonds is 5. The van der Waals surface area contributed by atoms with Gasteiger partial charge in [-0.2, -0.15) is 5.10 Å². The van der Waals surface area contributed by atoms with Gasteiger partial charge in [-0.1, -0.05) is 48.9 Å². The van der Waals surface area contributed by atoms with Crippen LogP contribution in [0.2, 0.25) is 0 Å². The van der Waals surface area contributed by atoms with Crippen molar-refractivity contribution in [3.63, 3.8) is 0 Å². The van der Waals surface area contributed by atoms with Crippen molar-refractivity contribution >= 4 is 23.3 Å². The van der Waals surface area contributed by atoms with E-state index in [1.807, 2.05) is 70.2 Å². The Balaban J connectivity index is 1.62. The van der Waals surface area contributed by atoms with E-state index in [1.54, 1.807) is 4.68 Å². The lowest BCUT2D eigenvalue weighted by molar-refractivity contribution is -0.123. The average Bonchev–Trinajstić information content (AvgIpc) is 3.21. The van der Waals surface area contributed by atoms with E-state index in [1.165, 1.54) is 5.56 Å². The maximum atomic E-state index is 12.7. The van der Waals surface area contributed by atoms with Crippen LogP contribution in [0.4, 0.5) is 11.5 Å². The second-order valence-corrected chi connectivity index (χ2v) is 7.91. The minimum Gasteiger partial charge on any atom is -0.326 e. The van der Waals surface area contributed by atoms with E-state index >= 15 is 0 Å². The monoisotopic (exact) mass is 402 g/mol. The van der Waals surface area contributed by atoms with Gasteiger partial charge in [-0.05, 0) is 49.9 Å². The van der Waals surface area contributed by atoms with E-state index < -0.39 is 6.04 Å².